The zero-order valence-electron chi connectivity index (χ0n) is 7.78. The zero-order valence-corrected chi connectivity index (χ0v) is 7.78. The lowest BCUT2D eigenvalue weighted by Crippen LogP contribution is -2.05. The number of nitrogens with zero attached hydrogens (tertiary/aromatic N) is 2. The van der Waals surface area contributed by atoms with Crippen LogP contribution in [0.3, 0.4) is 0 Å². The standard InChI is InChI=1S/C9H12N2O2/c1-3-4-7-5-8(9(12)13-2)11-6-10-7/h5-6H,3-4H2,1-2H3. The van der Waals surface area contributed by atoms with Crippen LogP contribution < -0.4 is 0 Å². The van der Waals surface area contributed by atoms with Gasteiger partial charge in [-0.3, -0.25) is 0 Å². The Hall–Kier alpha value is -1.45. The highest BCUT2D eigenvalue weighted by Crippen LogP contribution is 2.02. The van der Waals surface area contributed by atoms with Crippen LogP contribution in [0, 0.1) is 0 Å². The van der Waals surface area contributed by atoms with Gasteiger partial charge in [-0.1, -0.05) is 13.3 Å². The van der Waals surface area contributed by atoms with Crippen molar-refractivity contribution in [2.75, 3.05) is 7.11 Å². The van der Waals surface area contributed by atoms with E-state index >= 15 is 0 Å². The number of rotatable bonds is 3. The summed E-state index contributed by atoms with van der Waals surface area (Å²) in [7, 11) is 1.34. The Kier molecular flexibility index (Phi) is 3.37. The molecule has 0 aliphatic rings. The summed E-state index contributed by atoms with van der Waals surface area (Å²) in [5.41, 5.74) is 1.19. The first-order valence-corrected chi connectivity index (χ1v) is 4.17. The highest BCUT2D eigenvalue weighted by molar-refractivity contribution is 5.87. The molecule has 0 bridgehead atoms. The lowest BCUT2D eigenvalue weighted by Gasteiger charge is -2.00. The molecule has 0 unspecified atom stereocenters. The summed E-state index contributed by atoms with van der Waals surface area (Å²) < 4.78 is 4.54. The van der Waals surface area contributed by atoms with Gasteiger partial charge in [0.05, 0.1) is 7.11 Å². The van der Waals surface area contributed by atoms with Gasteiger partial charge in [0.2, 0.25) is 0 Å². The number of methoxy groups -OCH3 is 1. The third-order valence-corrected chi connectivity index (χ3v) is 1.62. The van der Waals surface area contributed by atoms with E-state index in [0.717, 1.165) is 18.5 Å². The molecule has 4 nitrogen and oxygen atoms in total. The van der Waals surface area contributed by atoms with E-state index in [-0.39, 0.29) is 0 Å². The minimum atomic E-state index is -0.417. The largest absolute Gasteiger partial charge is 0.464 e. The van der Waals surface area contributed by atoms with Gasteiger partial charge in [-0.2, -0.15) is 0 Å². The number of carbonyl (C=O) groups excluding carboxylic acids is 1. The van der Waals surface area contributed by atoms with E-state index in [1.54, 1.807) is 6.07 Å². The molecule has 13 heavy (non-hydrogen) atoms. The van der Waals surface area contributed by atoms with Gasteiger partial charge in [-0.15, -0.1) is 0 Å². The molecule has 1 aromatic heterocycles. The molecule has 0 fully saturated rings. The molecule has 0 aliphatic heterocycles. The normalized spacial score (nSPS) is 9.69. The first-order valence-electron chi connectivity index (χ1n) is 4.17. The second-order valence-electron chi connectivity index (χ2n) is 2.64. The quantitative estimate of drug-likeness (QED) is 0.656. The predicted octanol–water partition coefficient (Wildman–Crippen LogP) is 1.22. The zero-order chi connectivity index (χ0) is 9.68. The Bertz CT molecular complexity index is 299. The molecule has 0 aliphatic carbocycles. The smallest absolute Gasteiger partial charge is 0.356 e. The van der Waals surface area contributed by atoms with Crippen LogP contribution in [-0.2, 0) is 11.2 Å². The van der Waals surface area contributed by atoms with E-state index in [9.17, 15) is 4.79 Å². The third-order valence-electron chi connectivity index (χ3n) is 1.62. The molecule has 0 amide bonds. The van der Waals surface area contributed by atoms with Gasteiger partial charge < -0.3 is 4.74 Å². The fourth-order valence-electron chi connectivity index (χ4n) is 1.01. The van der Waals surface area contributed by atoms with Gasteiger partial charge in [0.15, 0.2) is 5.69 Å². The number of hydrogen-bond donors (Lipinski definition) is 0. The van der Waals surface area contributed by atoms with Crippen LogP contribution in [0.1, 0.15) is 29.5 Å². The van der Waals surface area contributed by atoms with Crippen molar-refractivity contribution in [3.8, 4) is 0 Å². The fourth-order valence-corrected chi connectivity index (χ4v) is 1.01. The first kappa shape index (κ1) is 9.64. The van der Waals surface area contributed by atoms with Crippen molar-refractivity contribution in [3.05, 3.63) is 23.8 Å². The molecule has 0 atom stereocenters. The van der Waals surface area contributed by atoms with Gasteiger partial charge >= 0.3 is 5.97 Å². The molecule has 0 saturated carbocycles. The summed E-state index contributed by atoms with van der Waals surface area (Å²) in [6.45, 7) is 2.06. The maximum atomic E-state index is 11.1. The predicted molar refractivity (Wildman–Crippen MR) is 47.4 cm³/mol. The van der Waals surface area contributed by atoms with Gasteiger partial charge in [0.1, 0.15) is 6.33 Å². The average Bonchev–Trinajstić information content (AvgIpc) is 2.18. The molecule has 0 radical (unpaired) electrons. The van der Waals surface area contributed by atoms with E-state index in [0.29, 0.717) is 5.69 Å². The molecule has 0 N–H and O–H groups in total. The van der Waals surface area contributed by atoms with Crippen molar-refractivity contribution >= 4 is 5.97 Å². The summed E-state index contributed by atoms with van der Waals surface area (Å²) >= 11 is 0. The lowest BCUT2D eigenvalue weighted by atomic mass is 10.2. The second kappa shape index (κ2) is 4.54. The van der Waals surface area contributed by atoms with Gasteiger partial charge in [-0.25, -0.2) is 14.8 Å². The highest BCUT2D eigenvalue weighted by atomic mass is 16.5. The van der Waals surface area contributed by atoms with Crippen molar-refractivity contribution in [1.82, 2.24) is 9.97 Å². The van der Waals surface area contributed by atoms with Crippen LogP contribution in [0.4, 0.5) is 0 Å². The monoisotopic (exact) mass is 180 g/mol. The average molecular weight is 180 g/mol. The minimum Gasteiger partial charge on any atom is -0.464 e. The number of esters is 1. The summed E-state index contributed by atoms with van der Waals surface area (Å²) in [5, 5.41) is 0. The van der Waals surface area contributed by atoms with Crippen molar-refractivity contribution in [2.45, 2.75) is 19.8 Å². The molecule has 0 spiro atoms. The van der Waals surface area contributed by atoms with E-state index in [2.05, 4.69) is 21.6 Å². The molecule has 1 heterocycles. The molecule has 70 valence electrons. The van der Waals surface area contributed by atoms with Crippen LogP contribution in [0.2, 0.25) is 0 Å². The van der Waals surface area contributed by atoms with E-state index < -0.39 is 5.97 Å². The van der Waals surface area contributed by atoms with Crippen LogP contribution in [0.25, 0.3) is 0 Å². The van der Waals surface area contributed by atoms with E-state index in [1.165, 1.54) is 13.4 Å². The van der Waals surface area contributed by atoms with Gasteiger partial charge in [-0.05, 0) is 12.5 Å². The van der Waals surface area contributed by atoms with Gasteiger partial charge in [0, 0.05) is 5.69 Å². The maximum Gasteiger partial charge on any atom is 0.356 e. The van der Waals surface area contributed by atoms with Crippen LogP contribution in [0.15, 0.2) is 12.4 Å². The number of carbonyl (C=O) groups is 1. The molecule has 0 aromatic carbocycles. The van der Waals surface area contributed by atoms with Crippen LogP contribution >= 0.6 is 0 Å². The van der Waals surface area contributed by atoms with E-state index in [1.807, 2.05) is 0 Å². The highest BCUT2D eigenvalue weighted by Gasteiger charge is 2.07. The van der Waals surface area contributed by atoms with Crippen LogP contribution in [0.5, 0.6) is 0 Å². The van der Waals surface area contributed by atoms with Crippen molar-refractivity contribution < 1.29 is 9.53 Å². The van der Waals surface area contributed by atoms with Crippen molar-refractivity contribution in [3.63, 3.8) is 0 Å². The number of ether oxygens (including phenoxy) is 1. The fraction of sp³-hybridized carbons (Fsp3) is 0.444. The number of hydrogen-bond acceptors (Lipinski definition) is 4. The SMILES string of the molecule is CCCc1cc(C(=O)OC)ncn1. The summed E-state index contributed by atoms with van der Waals surface area (Å²) in [4.78, 5) is 18.9. The first-order chi connectivity index (χ1) is 6.27. The third kappa shape index (κ3) is 2.50. The Balaban J connectivity index is 2.85. The molecular weight excluding hydrogens is 168 g/mol. The second-order valence-corrected chi connectivity index (χ2v) is 2.64. The minimum absolute atomic E-state index is 0.320. The van der Waals surface area contributed by atoms with Crippen LogP contribution in [-0.4, -0.2) is 23.0 Å². The van der Waals surface area contributed by atoms with Gasteiger partial charge in [0.25, 0.3) is 0 Å². The number of aryl methyl sites for hydroxylation is 1. The van der Waals surface area contributed by atoms with Crippen molar-refractivity contribution in [1.29, 1.82) is 0 Å². The lowest BCUT2D eigenvalue weighted by molar-refractivity contribution is 0.0593. The van der Waals surface area contributed by atoms with Crippen molar-refractivity contribution in [2.24, 2.45) is 0 Å². The molecule has 1 rings (SSSR count). The topological polar surface area (TPSA) is 52.1 Å². The Morgan fingerprint density at radius 2 is 2.31 bits per heavy atom. The van der Waals surface area contributed by atoms with E-state index in [4.69, 9.17) is 0 Å². The molecule has 1 aromatic rings. The molecule has 0 saturated heterocycles. The summed E-state index contributed by atoms with van der Waals surface area (Å²) in [6.07, 6.45) is 3.24. The molecular formula is C9H12N2O2. The molecule has 4 heteroatoms. The number of aromatic nitrogens is 2. The maximum absolute atomic E-state index is 11.1. The Morgan fingerprint density at radius 1 is 1.54 bits per heavy atom. The Labute approximate surface area is 77.0 Å². The Morgan fingerprint density at radius 3 is 2.92 bits per heavy atom. The summed E-state index contributed by atoms with van der Waals surface area (Å²) in [6, 6.07) is 1.66. The summed E-state index contributed by atoms with van der Waals surface area (Å²) in [5.74, 6) is -0.417.